The van der Waals surface area contributed by atoms with Gasteiger partial charge in [0.15, 0.2) is 6.10 Å². The first-order chi connectivity index (χ1) is 8.58. The molecule has 5 heteroatoms. The highest BCUT2D eigenvalue weighted by Crippen LogP contribution is 2.29. The van der Waals surface area contributed by atoms with Crippen molar-refractivity contribution in [2.75, 3.05) is 6.61 Å². The van der Waals surface area contributed by atoms with E-state index in [1.54, 1.807) is 19.1 Å². The third-order valence-corrected chi connectivity index (χ3v) is 3.07. The number of ether oxygens (including phenoxy) is 2. The average Bonchev–Trinajstić information content (AvgIpc) is 2.33. The maximum atomic E-state index is 11.7. The highest BCUT2D eigenvalue weighted by Gasteiger charge is 2.21. The molecule has 1 aromatic carbocycles. The molecule has 18 heavy (non-hydrogen) atoms. The molecule has 0 saturated heterocycles. The molecule has 0 aliphatic carbocycles. The molecule has 1 rings (SSSR count). The maximum Gasteiger partial charge on any atom is 0.347 e. The number of rotatable bonds is 6. The molecule has 3 nitrogen and oxygen atoms in total. The van der Waals surface area contributed by atoms with Crippen molar-refractivity contribution in [2.24, 2.45) is 0 Å². The molecule has 0 aliphatic rings. The normalized spacial score (nSPS) is 12.0. The summed E-state index contributed by atoms with van der Waals surface area (Å²) in [5.41, 5.74) is 0. The minimum Gasteiger partial charge on any atom is -0.477 e. The van der Waals surface area contributed by atoms with Crippen LogP contribution < -0.4 is 4.74 Å². The Morgan fingerprint density at radius 2 is 2.17 bits per heavy atom. The molecule has 0 saturated carbocycles. The second-order valence-corrected chi connectivity index (χ2v) is 5.04. The molecule has 0 N–H and O–H groups in total. The van der Waals surface area contributed by atoms with E-state index in [2.05, 4.69) is 15.9 Å². The molecule has 0 bridgehead atoms. The van der Waals surface area contributed by atoms with Crippen LogP contribution in [0.2, 0.25) is 5.02 Å². The van der Waals surface area contributed by atoms with Crippen LogP contribution in [0.3, 0.4) is 0 Å². The fraction of sp³-hybridized carbons (Fsp3) is 0.462. The summed E-state index contributed by atoms with van der Waals surface area (Å²) in [4.78, 5) is 11.7. The summed E-state index contributed by atoms with van der Waals surface area (Å²) < 4.78 is 11.5. The topological polar surface area (TPSA) is 35.5 Å². The zero-order valence-corrected chi connectivity index (χ0v) is 12.8. The Bertz CT molecular complexity index is 409. The van der Waals surface area contributed by atoms with Crippen molar-refractivity contribution >= 4 is 33.5 Å². The van der Waals surface area contributed by atoms with Crippen LogP contribution >= 0.6 is 27.5 Å². The van der Waals surface area contributed by atoms with Gasteiger partial charge in [0, 0.05) is 4.47 Å². The largest absolute Gasteiger partial charge is 0.477 e. The Balaban J connectivity index is 2.82. The second-order valence-electron chi connectivity index (χ2n) is 3.72. The average molecular weight is 336 g/mol. The highest BCUT2D eigenvalue weighted by atomic mass is 79.9. The van der Waals surface area contributed by atoms with Gasteiger partial charge in [-0.25, -0.2) is 4.79 Å². The number of hydrogen-bond acceptors (Lipinski definition) is 3. The zero-order chi connectivity index (χ0) is 13.5. The SMILES string of the molecule is CCCC(Oc1cc(Br)ccc1Cl)C(=O)OCC. The van der Waals surface area contributed by atoms with Crippen LogP contribution in [0.15, 0.2) is 22.7 Å². The second kappa shape index (κ2) is 7.64. The fourth-order valence-electron chi connectivity index (χ4n) is 1.44. The van der Waals surface area contributed by atoms with Crippen molar-refractivity contribution in [2.45, 2.75) is 32.8 Å². The Morgan fingerprint density at radius 3 is 2.78 bits per heavy atom. The molecule has 0 aromatic heterocycles. The smallest absolute Gasteiger partial charge is 0.347 e. The predicted molar refractivity (Wildman–Crippen MR) is 75.1 cm³/mol. The van der Waals surface area contributed by atoms with Crippen molar-refractivity contribution in [3.63, 3.8) is 0 Å². The minimum atomic E-state index is -0.609. The van der Waals surface area contributed by atoms with Gasteiger partial charge in [-0.1, -0.05) is 40.9 Å². The zero-order valence-electron chi connectivity index (χ0n) is 10.4. The van der Waals surface area contributed by atoms with E-state index in [4.69, 9.17) is 21.1 Å². The Labute approximate surface area is 121 Å². The lowest BCUT2D eigenvalue weighted by molar-refractivity contribution is -0.151. The first-order valence-electron chi connectivity index (χ1n) is 5.86. The Kier molecular flexibility index (Phi) is 6.50. The summed E-state index contributed by atoms with van der Waals surface area (Å²) in [6, 6.07) is 5.27. The van der Waals surface area contributed by atoms with Crippen LogP contribution in [0, 0.1) is 0 Å². The monoisotopic (exact) mass is 334 g/mol. The van der Waals surface area contributed by atoms with Gasteiger partial charge in [-0.05, 0) is 31.5 Å². The first kappa shape index (κ1) is 15.3. The third-order valence-electron chi connectivity index (χ3n) is 2.26. The maximum absolute atomic E-state index is 11.7. The van der Waals surface area contributed by atoms with Gasteiger partial charge in [0.05, 0.1) is 11.6 Å². The predicted octanol–water partition coefficient (Wildman–Crippen LogP) is 4.21. The van der Waals surface area contributed by atoms with Crippen LogP contribution in [0.5, 0.6) is 5.75 Å². The molecule has 100 valence electrons. The van der Waals surface area contributed by atoms with E-state index in [1.807, 2.05) is 13.0 Å². The number of esters is 1. The number of benzene rings is 1. The summed E-state index contributed by atoms with van der Waals surface area (Å²) in [6.45, 7) is 4.10. The molecule has 1 aromatic rings. The molecular weight excluding hydrogens is 319 g/mol. The molecule has 1 unspecified atom stereocenters. The van der Waals surface area contributed by atoms with E-state index < -0.39 is 6.10 Å². The minimum absolute atomic E-state index is 0.342. The summed E-state index contributed by atoms with van der Waals surface area (Å²) in [6.07, 6.45) is 0.818. The lowest BCUT2D eigenvalue weighted by Gasteiger charge is -2.18. The van der Waals surface area contributed by atoms with Gasteiger partial charge in [0.2, 0.25) is 0 Å². The Hall–Kier alpha value is -0.740. The van der Waals surface area contributed by atoms with Crippen molar-refractivity contribution in [3.8, 4) is 5.75 Å². The van der Waals surface area contributed by atoms with Crippen LogP contribution in [-0.2, 0) is 9.53 Å². The van der Waals surface area contributed by atoms with Gasteiger partial charge >= 0.3 is 5.97 Å². The molecule has 0 heterocycles. The van der Waals surface area contributed by atoms with Crippen LogP contribution in [0.25, 0.3) is 0 Å². The number of carbonyl (C=O) groups is 1. The lowest BCUT2D eigenvalue weighted by Crippen LogP contribution is -2.29. The third kappa shape index (κ3) is 4.50. The van der Waals surface area contributed by atoms with Crippen LogP contribution in [-0.4, -0.2) is 18.7 Å². The van der Waals surface area contributed by atoms with Gasteiger partial charge in [-0.3, -0.25) is 0 Å². The van der Waals surface area contributed by atoms with E-state index in [1.165, 1.54) is 0 Å². The molecule has 0 aliphatic heterocycles. The molecule has 0 fully saturated rings. The van der Waals surface area contributed by atoms with E-state index in [0.29, 0.717) is 23.8 Å². The van der Waals surface area contributed by atoms with Crippen molar-refractivity contribution in [1.82, 2.24) is 0 Å². The fourth-order valence-corrected chi connectivity index (χ4v) is 1.95. The number of carbonyl (C=O) groups excluding carboxylic acids is 1. The summed E-state index contributed by atoms with van der Waals surface area (Å²) in [5, 5.41) is 0.476. The molecule has 0 spiro atoms. The van der Waals surface area contributed by atoms with Gasteiger partial charge < -0.3 is 9.47 Å². The summed E-state index contributed by atoms with van der Waals surface area (Å²) in [7, 11) is 0. The standard InChI is InChI=1S/C13H16BrClO3/c1-3-5-11(13(16)17-4-2)18-12-8-9(14)6-7-10(12)15/h6-8,11H,3-5H2,1-2H3. The summed E-state index contributed by atoms with van der Waals surface area (Å²) >= 11 is 9.36. The van der Waals surface area contributed by atoms with E-state index in [0.717, 1.165) is 10.9 Å². The highest BCUT2D eigenvalue weighted by molar-refractivity contribution is 9.10. The number of halogens is 2. The van der Waals surface area contributed by atoms with Crippen LogP contribution in [0.4, 0.5) is 0 Å². The van der Waals surface area contributed by atoms with Gasteiger partial charge in [-0.15, -0.1) is 0 Å². The lowest BCUT2D eigenvalue weighted by atomic mass is 10.2. The van der Waals surface area contributed by atoms with Gasteiger partial charge in [0.25, 0.3) is 0 Å². The van der Waals surface area contributed by atoms with E-state index in [-0.39, 0.29) is 5.97 Å². The van der Waals surface area contributed by atoms with Crippen LogP contribution in [0.1, 0.15) is 26.7 Å². The van der Waals surface area contributed by atoms with E-state index in [9.17, 15) is 4.79 Å². The first-order valence-corrected chi connectivity index (χ1v) is 7.03. The summed E-state index contributed by atoms with van der Waals surface area (Å²) in [5.74, 6) is 0.132. The molecule has 0 radical (unpaired) electrons. The van der Waals surface area contributed by atoms with E-state index >= 15 is 0 Å². The quantitative estimate of drug-likeness (QED) is 0.730. The Morgan fingerprint density at radius 1 is 1.44 bits per heavy atom. The molecule has 0 amide bonds. The van der Waals surface area contributed by atoms with Crippen molar-refractivity contribution in [1.29, 1.82) is 0 Å². The van der Waals surface area contributed by atoms with Crippen molar-refractivity contribution < 1.29 is 14.3 Å². The molecular formula is C13H16BrClO3. The van der Waals surface area contributed by atoms with Crippen molar-refractivity contribution in [3.05, 3.63) is 27.7 Å². The van der Waals surface area contributed by atoms with Gasteiger partial charge in [0.1, 0.15) is 5.75 Å². The number of hydrogen-bond donors (Lipinski definition) is 0. The van der Waals surface area contributed by atoms with Gasteiger partial charge in [-0.2, -0.15) is 0 Å². The molecule has 1 atom stereocenters.